The summed E-state index contributed by atoms with van der Waals surface area (Å²) < 4.78 is 16.8. The van der Waals surface area contributed by atoms with Crippen molar-refractivity contribution in [1.82, 2.24) is 5.32 Å². The van der Waals surface area contributed by atoms with Crippen LogP contribution in [0.3, 0.4) is 0 Å². The molecule has 1 heterocycles. The Kier molecular flexibility index (Phi) is 7.45. The lowest BCUT2D eigenvalue weighted by Gasteiger charge is -2.38. The number of nitrogen functional groups attached to an aromatic ring is 1. The fourth-order valence-corrected chi connectivity index (χ4v) is 2.49. The number of ether oxygens (including phenoxy) is 3. The summed E-state index contributed by atoms with van der Waals surface area (Å²) in [5, 5.41) is 22.3. The fraction of sp³-hybridized carbons (Fsp3) is 0.588. The normalized spacial score (nSPS) is 26.2. The molecule has 0 aromatic heterocycles. The molecule has 5 N–H and O–H groups in total. The molecule has 0 aliphatic carbocycles. The largest absolute Gasteiger partial charge is 0.465 e. The Morgan fingerprint density at radius 3 is 2.76 bits per heavy atom. The van der Waals surface area contributed by atoms with E-state index in [-0.39, 0.29) is 25.5 Å². The third-order valence-electron chi connectivity index (χ3n) is 3.84. The molecule has 8 nitrogen and oxygen atoms in total. The van der Waals surface area contributed by atoms with E-state index in [0.29, 0.717) is 18.0 Å². The number of carbonyl (C=O) groups is 1. The zero-order valence-electron chi connectivity index (χ0n) is 14.3. The predicted molar refractivity (Wildman–Crippen MR) is 90.9 cm³/mol. The van der Waals surface area contributed by atoms with E-state index in [9.17, 15) is 15.0 Å². The van der Waals surface area contributed by atoms with Crippen LogP contribution in [0.25, 0.3) is 0 Å². The smallest absolute Gasteiger partial charge is 0.246 e. The number of hydrogen-bond donors (Lipinski definition) is 4. The number of aliphatic hydroxyl groups excluding tert-OH is 2. The predicted octanol–water partition coefficient (Wildman–Crippen LogP) is 0.0272. The second-order valence-electron chi connectivity index (χ2n) is 5.90. The molecule has 1 fully saturated rings. The molecule has 1 aromatic rings. The first-order valence-corrected chi connectivity index (χ1v) is 8.38. The van der Waals surface area contributed by atoms with Gasteiger partial charge in [-0.15, -0.1) is 0 Å². The summed E-state index contributed by atoms with van der Waals surface area (Å²) in [6, 6.07) is 6.79. The highest BCUT2D eigenvalue weighted by Crippen LogP contribution is 2.25. The van der Waals surface area contributed by atoms with E-state index in [4.69, 9.17) is 19.9 Å². The summed E-state index contributed by atoms with van der Waals surface area (Å²) in [4.78, 5) is 11.7. The molecule has 4 atom stereocenters. The van der Waals surface area contributed by atoms with Crippen molar-refractivity contribution in [2.75, 3.05) is 25.5 Å². The van der Waals surface area contributed by atoms with Gasteiger partial charge in [-0.25, -0.2) is 0 Å². The Labute approximate surface area is 146 Å². The van der Waals surface area contributed by atoms with Crippen molar-refractivity contribution >= 4 is 11.6 Å². The Bertz CT molecular complexity index is 538. The lowest BCUT2D eigenvalue weighted by molar-refractivity contribution is -0.238. The number of hydrogen-bond acceptors (Lipinski definition) is 7. The van der Waals surface area contributed by atoms with Crippen LogP contribution in [0.2, 0.25) is 0 Å². The van der Waals surface area contributed by atoms with Crippen LogP contribution in [0.15, 0.2) is 24.3 Å². The van der Waals surface area contributed by atoms with E-state index in [1.54, 1.807) is 24.3 Å². The van der Waals surface area contributed by atoms with Gasteiger partial charge in [0.05, 0.1) is 12.7 Å². The summed E-state index contributed by atoms with van der Waals surface area (Å²) in [6.07, 6.45) is -2.24. The molecule has 140 valence electrons. The van der Waals surface area contributed by atoms with Gasteiger partial charge in [-0.3, -0.25) is 4.79 Å². The molecule has 2 rings (SSSR count). The van der Waals surface area contributed by atoms with Gasteiger partial charge >= 0.3 is 0 Å². The maximum Gasteiger partial charge on any atom is 0.246 e. The Morgan fingerprint density at radius 2 is 2.12 bits per heavy atom. The molecule has 1 aliphatic rings. The van der Waals surface area contributed by atoms with Crippen molar-refractivity contribution in [3.8, 4) is 5.75 Å². The lowest BCUT2D eigenvalue weighted by Crippen LogP contribution is -2.53. The zero-order valence-corrected chi connectivity index (χ0v) is 14.3. The van der Waals surface area contributed by atoms with Crippen molar-refractivity contribution < 1.29 is 29.2 Å². The quantitative estimate of drug-likeness (QED) is 0.486. The number of benzene rings is 1. The summed E-state index contributed by atoms with van der Waals surface area (Å²) in [7, 11) is 0. The van der Waals surface area contributed by atoms with Crippen LogP contribution in [-0.4, -0.2) is 60.5 Å². The van der Waals surface area contributed by atoms with Crippen LogP contribution in [-0.2, 0) is 14.3 Å². The second kappa shape index (κ2) is 9.57. The van der Waals surface area contributed by atoms with E-state index in [1.165, 1.54) is 0 Å². The lowest BCUT2D eigenvalue weighted by atomic mass is 10.0. The summed E-state index contributed by atoms with van der Waals surface area (Å²) in [5.41, 5.74) is 6.25. The molecule has 1 aliphatic heterocycles. The molecular weight excluding hydrogens is 328 g/mol. The van der Waals surface area contributed by atoms with E-state index < -0.39 is 24.6 Å². The van der Waals surface area contributed by atoms with Gasteiger partial charge in [0, 0.05) is 18.7 Å². The standard InChI is InChI=1S/C17H26N2O6/c1-2-7-19-15(21)10-23-13-8-16(25-14(9-20)17(13)22)24-12-5-3-11(18)4-6-12/h3-6,13-14,16-17,20,22H,2,7-10,18H2,1H3,(H,19,21)/t13-,14-,16?,17-/m1/s1. The topological polar surface area (TPSA) is 123 Å². The summed E-state index contributed by atoms with van der Waals surface area (Å²) in [5.74, 6) is 0.295. The maximum atomic E-state index is 11.7. The monoisotopic (exact) mass is 354 g/mol. The maximum absolute atomic E-state index is 11.7. The Morgan fingerprint density at radius 1 is 1.40 bits per heavy atom. The van der Waals surface area contributed by atoms with Crippen molar-refractivity contribution in [2.24, 2.45) is 0 Å². The Balaban J connectivity index is 1.93. The van der Waals surface area contributed by atoms with Crippen LogP contribution in [0.4, 0.5) is 5.69 Å². The van der Waals surface area contributed by atoms with Crippen molar-refractivity contribution in [2.45, 2.75) is 44.4 Å². The first-order valence-electron chi connectivity index (χ1n) is 8.38. The molecule has 0 saturated carbocycles. The molecule has 0 radical (unpaired) electrons. The van der Waals surface area contributed by atoms with E-state index in [1.807, 2.05) is 6.92 Å². The zero-order chi connectivity index (χ0) is 18.2. The SMILES string of the molecule is CCCNC(=O)CO[C@@H]1CC(Oc2ccc(N)cc2)O[C@H](CO)[C@@H]1O. The van der Waals surface area contributed by atoms with Gasteiger partial charge in [0.15, 0.2) is 0 Å². The van der Waals surface area contributed by atoms with Gasteiger partial charge in [-0.1, -0.05) is 6.92 Å². The van der Waals surface area contributed by atoms with Gasteiger partial charge in [0.25, 0.3) is 0 Å². The first kappa shape index (κ1) is 19.5. The third-order valence-corrected chi connectivity index (χ3v) is 3.84. The van der Waals surface area contributed by atoms with Crippen LogP contribution < -0.4 is 15.8 Å². The average Bonchev–Trinajstić information content (AvgIpc) is 2.61. The minimum Gasteiger partial charge on any atom is -0.465 e. The summed E-state index contributed by atoms with van der Waals surface area (Å²) >= 11 is 0. The minimum atomic E-state index is -1.05. The number of nitrogens with two attached hydrogens (primary N) is 1. The molecule has 0 spiro atoms. The van der Waals surface area contributed by atoms with Crippen LogP contribution >= 0.6 is 0 Å². The van der Waals surface area contributed by atoms with Gasteiger partial charge in [0.1, 0.15) is 24.6 Å². The fourth-order valence-electron chi connectivity index (χ4n) is 2.49. The van der Waals surface area contributed by atoms with E-state index in [0.717, 1.165) is 6.42 Å². The number of carbonyl (C=O) groups excluding carboxylic acids is 1. The molecule has 0 bridgehead atoms. The number of rotatable bonds is 8. The third kappa shape index (κ3) is 5.86. The highest BCUT2D eigenvalue weighted by molar-refractivity contribution is 5.77. The van der Waals surface area contributed by atoms with Gasteiger partial charge in [0.2, 0.25) is 12.2 Å². The second-order valence-corrected chi connectivity index (χ2v) is 5.90. The summed E-state index contributed by atoms with van der Waals surface area (Å²) in [6.45, 7) is 1.97. The minimum absolute atomic E-state index is 0.172. The van der Waals surface area contributed by atoms with Gasteiger partial charge in [-0.2, -0.15) is 0 Å². The Hall–Kier alpha value is -1.87. The van der Waals surface area contributed by atoms with Crippen molar-refractivity contribution in [3.05, 3.63) is 24.3 Å². The van der Waals surface area contributed by atoms with E-state index in [2.05, 4.69) is 5.32 Å². The number of aliphatic hydroxyl groups is 2. The molecule has 1 unspecified atom stereocenters. The van der Waals surface area contributed by atoms with Gasteiger partial charge < -0.3 is 35.5 Å². The number of amides is 1. The van der Waals surface area contributed by atoms with Gasteiger partial charge in [-0.05, 0) is 30.7 Å². The van der Waals surface area contributed by atoms with Crippen LogP contribution in [0, 0.1) is 0 Å². The van der Waals surface area contributed by atoms with Crippen molar-refractivity contribution in [3.63, 3.8) is 0 Å². The molecular formula is C17H26N2O6. The van der Waals surface area contributed by atoms with Crippen LogP contribution in [0.5, 0.6) is 5.75 Å². The molecule has 8 heteroatoms. The van der Waals surface area contributed by atoms with Crippen molar-refractivity contribution in [1.29, 1.82) is 0 Å². The highest BCUT2D eigenvalue weighted by atomic mass is 16.7. The molecule has 1 saturated heterocycles. The molecule has 1 amide bonds. The number of anilines is 1. The highest BCUT2D eigenvalue weighted by Gasteiger charge is 2.39. The number of nitrogens with one attached hydrogen (secondary N) is 1. The van der Waals surface area contributed by atoms with Crippen LogP contribution in [0.1, 0.15) is 19.8 Å². The molecule has 1 aromatic carbocycles. The first-order chi connectivity index (χ1) is 12.0. The average molecular weight is 354 g/mol. The molecule has 25 heavy (non-hydrogen) atoms. The van der Waals surface area contributed by atoms with E-state index >= 15 is 0 Å².